The number of aromatic nitrogens is 1. The Kier molecular flexibility index (Phi) is 8.96. The molecule has 1 aliphatic rings. The number of thiazole rings is 1. The number of nitrogens with one attached hydrogen (secondary N) is 1. The van der Waals surface area contributed by atoms with Gasteiger partial charge in [-0.3, -0.25) is 4.79 Å². The number of amides is 1. The van der Waals surface area contributed by atoms with Crippen molar-refractivity contribution in [2.75, 3.05) is 19.6 Å². The Balaban J connectivity index is 0.00000169. The van der Waals surface area contributed by atoms with E-state index >= 15 is 0 Å². The van der Waals surface area contributed by atoms with Crippen molar-refractivity contribution in [3.63, 3.8) is 0 Å². The van der Waals surface area contributed by atoms with E-state index in [2.05, 4.69) is 17.2 Å². The molecule has 1 N–H and O–H groups in total. The summed E-state index contributed by atoms with van der Waals surface area (Å²) in [6, 6.07) is 6.50. The molecule has 144 valence electrons. The average Bonchev–Trinajstić information content (AvgIpc) is 3.22. The molecular formula is C18H24Cl2FN3OS. The third kappa shape index (κ3) is 4.94. The lowest BCUT2D eigenvalue weighted by atomic mass is 10.2. The Labute approximate surface area is 170 Å². The van der Waals surface area contributed by atoms with Gasteiger partial charge in [-0.15, -0.1) is 36.2 Å². The van der Waals surface area contributed by atoms with Gasteiger partial charge in [0.05, 0.1) is 5.69 Å². The van der Waals surface area contributed by atoms with Gasteiger partial charge < -0.3 is 10.2 Å². The highest BCUT2D eigenvalue weighted by Crippen LogP contribution is 2.29. The molecule has 1 unspecified atom stereocenters. The number of halogens is 3. The molecule has 2 aromatic rings. The highest BCUT2D eigenvalue weighted by molar-refractivity contribution is 7.17. The molecule has 26 heavy (non-hydrogen) atoms. The van der Waals surface area contributed by atoms with Gasteiger partial charge in [-0.1, -0.05) is 6.92 Å². The van der Waals surface area contributed by atoms with Crippen LogP contribution in [0.5, 0.6) is 0 Å². The highest BCUT2D eigenvalue weighted by Gasteiger charge is 2.29. The minimum absolute atomic E-state index is 0. The largest absolute Gasteiger partial charge is 0.334 e. The fraction of sp³-hybridized carbons (Fsp3) is 0.444. The highest BCUT2D eigenvalue weighted by atomic mass is 35.5. The molecule has 1 atom stereocenters. The topological polar surface area (TPSA) is 45.2 Å². The number of hydrogen-bond donors (Lipinski definition) is 1. The van der Waals surface area contributed by atoms with Crippen molar-refractivity contribution in [2.24, 2.45) is 0 Å². The smallest absolute Gasteiger partial charge is 0.266 e. The summed E-state index contributed by atoms with van der Waals surface area (Å²) in [7, 11) is 0. The van der Waals surface area contributed by atoms with E-state index in [-0.39, 0.29) is 42.6 Å². The first kappa shape index (κ1) is 22.8. The molecule has 0 aliphatic carbocycles. The minimum atomic E-state index is -0.272. The van der Waals surface area contributed by atoms with Crippen LogP contribution < -0.4 is 5.32 Å². The van der Waals surface area contributed by atoms with E-state index in [1.165, 1.54) is 23.5 Å². The summed E-state index contributed by atoms with van der Waals surface area (Å²) in [6.45, 7) is 6.53. The lowest BCUT2D eigenvalue weighted by Gasteiger charge is -2.27. The third-order valence-corrected chi connectivity index (χ3v) is 5.48. The Bertz CT molecular complexity index is 718. The van der Waals surface area contributed by atoms with Crippen molar-refractivity contribution in [1.82, 2.24) is 15.2 Å². The van der Waals surface area contributed by atoms with Crippen LogP contribution in [-0.4, -0.2) is 41.5 Å². The van der Waals surface area contributed by atoms with Gasteiger partial charge in [-0.05, 0) is 50.6 Å². The van der Waals surface area contributed by atoms with Crippen LogP contribution in [0.25, 0.3) is 10.6 Å². The Morgan fingerprint density at radius 2 is 2.04 bits per heavy atom. The fourth-order valence-electron chi connectivity index (χ4n) is 3.04. The quantitative estimate of drug-likeness (QED) is 0.784. The van der Waals surface area contributed by atoms with Crippen LogP contribution in [0.15, 0.2) is 24.3 Å². The summed E-state index contributed by atoms with van der Waals surface area (Å²) in [6.07, 6.45) is 1.93. The van der Waals surface area contributed by atoms with E-state index in [9.17, 15) is 9.18 Å². The molecule has 1 fully saturated rings. The molecule has 0 bridgehead atoms. The minimum Gasteiger partial charge on any atom is -0.334 e. The number of rotatable bonds is 5. The summed E-state index contributed by atoms with van der Waals surface area (Å²) in [5.41, 5.74) is 1.59. The second-order valence-electron chi connectivity index (χ2n) is 6.09. The van der Waals surface area contributed by atoms with Crippen molar-refractivity contribution >= 4 is 42.1 Å². The second kappa shape index (κ2) is 10.2. The number of aryl methyl sites for hydroxylation is 1. The van der Waals surface area contributed by atoms with Gasteiger partial charge in [-0.2, -0.15) is 0 Å². The SMILES string of the molecule is CCCN(C(=O)c1sc(-c2ccc(F)cc2)nc1C)C1CCNC1.Cl.Cl. The van der Waals surface area contributed by atoms with Crippen LogP contribution in [0, 0.1) is 12.7 Å². The molecule has 1 saturated heterocycles. The third-order valence-electron chi connectivity index (χ3n) is 4.28. The van der Waals surface area contributed by atoms with E-state index in [0.29, 0.717) is 4.88 Å². The maximum Gasteiger partial charge on any atom is 0.266 e. The molecule has 4 nitrogen and oxygen atoms in total. The van der Waals surface area contributed by atoms with Crippen molar-refractivity contribution in [1.29, 1.82) is 0 Å². The number of carbonyl (C=O) groups is 1. The Hall–Kier alpha value is -1.21. The molecule has 1 aromatic heterocycles. The van der Waals surface area contributed by atoms with Gasteiger partial charge >= 0.3 is 0 Å². The molecule has 0 saturated carbocycles. The maximum atomic E-state index is 13.1. The molecule has 2 heterocycles. The van der Waals surface area contributed by atoms with Crippen LogP contribution in [0.2, 0.25) is 0 Å². The Morgan fingerprint density at radius 3 is 2.62 bits per heavy atom. The first-order chi connectivity index (χ1) is 11.6. The number of hydrogen-bond acceptors (Lipinski definition) is 4. The van der Waals surface area contributed by atoms with Gasteiger partial charge in [0.25, 0.3) is 5.91 Å². The molecule has 8 heteroatoms. The summed E-state index contributed by atoms with van der Waals surface area (Å²) < 4.78 is 13.1. The van der Waals surface area contributed by atoms with E-state index < -0.39 is 0 Å². The maximum absolute atomic E-state index is 13.1. The van der Waals surface area contributed by atoms with Gasteiger partial charge in [-0.25, -0.2) is 9.37 Å². The lowest BCUT2D eigenvalue weighted by Crippen LogP contribution is -2.42. The Morgan fingerprint density at radius 1 is 1.35 bits per heavy atom. The molecular weight excluding hydrogens is 396 g/mol. The van der Waals surface area contributed by atoms with Crippen LogP contribution in [0.3, 0.4) is 0 Å². The number of benzene rings is 1. The van der Waals surface area contributed by atoms with Gasteiger partial charge in [0, 0.05) is 24.7 Å². The van der Waals surface area contributed by atoms with Crippen LogP contribution in [-0.2, 0) is 0 Å². The zero-order chi connectivity index (χ0) is 17.1. The summed E-state index contributed by atoms with van der Waals surface area (Å²) >= 11 is 1.39. The number of nitrogens with zero attached hydrogens (tertiary/aromatic N) is 2. The average molecular weight is 420 g/mol. The molecule has 3 rings (SSSR count). The van der Waals surface area contributed by atoms with Crippen molar-refractivity contribution < 1.29 is 9.18 Å². The first-order valence-corrected chi connectivity index (χ1v) is 9.17. The van der Waals surface area contributed by atoms with Crippen LogP contribution >= 0.6 is 36.2 Å². The normalized spacial score (nSPS) is 15.9. The zero-order valence-electron chi connectivity index (χ0n) is 14.8. The summed E-state index contributed by atoms with van der Waals surface area (Å²) in [5, 5.41) is 4.09. The molecule has 1 aromatic carbocycles. The van der Waals surface area contributed by atoms with Crippen molar-refractivity contribution in [3.05, 3.63) is 40.7 Å². The summed E-state index contributed by atoms with van der Waals surface area (Å²) in [4.78, 5) is 20.3. The molecule has 1 amide bonds. The summed E-state index contributed by atoms with van der Waals surface area (Å²) in [5.74, 6) is -0.208. The van der Waals surface area contributed by atoms with Crippen molar-refractivity contribution in [2.45, 2.75) is 32.7 Å². The van der Waals surface area contributed by atoms with Crippen LogP contribution in [0.1, 0.15) is 35.1 Å². The van der Waals surface area contributed by atoms with Gasteiger partial charge in [0.15, 0.2) is 0 Å². The lowest BCUT2D eigenvalue weighted by molar-refractivity contribution is 0.0696. The van der Waals surface area contributed by atoms with E-state index in [0.717, 1.165) is 48.7 Å². The van der Waals surface area contributed by atoms with E-state index in [1.807, 2.05) is 11.8 Å². The van der Waals surface area contributed by atoms with Gasteiger partial charge in [0.1, 0.15) is 15.7 Å². The van der Waals surface area contributed by atoms with Crippen molar-refractivity contribution in [3.8, 4) is 10.6 Å². The second-order valence-corrected chi connectivity index (χ2v) is 7.08. The first-order valence-electron chi connectivity index (χ1n) is 8.35. The predicted octanol–water partition coefficient (Wildman–Crippen LogP) is 4.32. The zero-order valence-corrected chi connectivity index (χ0v) is 17.3. The van der Waals surface area contributed by atoms with E-state index in [4.69, 9.17) is 0 Å². The molecule has 0 radical (unpaired) electrons. The predicted molar refractivity (Wildman–Crippen MR) is 109 cm³/mol. The monoisotopic (exact) mass is 419 g/mol. The fourth-order valence-corrected chi connectivity index (χ4v) is 4.07. The standard InChI is InChI=1S/C18H22FN3OS.2ClH/c1-3-10-22(15-8-9-20-11-15)18(23)16-12(2)21-17(24-16)13-4-6-14(19)7-5-13;;/h4-7,15,20H,3,8-11H2,1-2H3;2*1H. The van der Waals surface area contributed by atoms with Crippen LogP contribution in [0.4, 0.5) is 4.39 Å². The van der Waals surface area contributed by atoms with E-state index in [1.54, 1.807) is 12.1 Å². The van der Waals surface area contributed by atoms with Gasteiger partial charge in [0.2, 0.25) is 0 Å². The molecule has 1 aliphatic heterocycles. The number of carbonyl (C=O) groups excluding carboxylic acids is 1. The molecule has 0 spiro atoms.